The number of methoxy groups -OCH3 is 1. The Morgan fingerprint density at radius 3 is 2.81 bits per heavy atom. The minimum absolute atomic E-state index is 0.187. The van der Waals surface area contributed by atoms with Gasteiger partial charge < -0.3 is 4.74 Å². The lowest BCUT2D eigenvalue weighted by molar-refractivity contribution is -0.139. The number of aryl methyl sites for hydroxylation is 1. The van der Waals surface area contributed by atoms with Crippen molar-refractivity contribution in [1.82, 2.24) is 0 Å². The van der Waals surface area contributed by atoms with Crippen LogP contribution >= 0.6 is 22.7 Å². The zero-order valence-corrected chi connectivity index (χ0v) is 10.8. The van der Waals surface area contributed by atoms with Gasteiger partial charge in [-0.2, -0.15) is 0 Å². The normalized spacial score (nSPS) is 10.4. The molecule has 0 N–H and O–H groups in total. The Bertz CT molecular complexity index is 497. The number of carbonyl (C=O) groups excluding carboxylic acids is 1. The molecule has 84 valence electrons. The second-order valence-electron chi connectivity index (χ2n) is 3.44. The van der Waals surface area contributed by atoms with E-state index in [1.54, 1.807) is 22.7 Å². The number of esters is 1. The van der Waals surface area contributed by atoms with Crippen molar-refractivity contribution in [1.29, 1.82) is 0 Å². The van der Waals surface area contributed by atoms with Gasteiger partial charge in [-0.1, -0.05) is 0 Å². The van der Waals surface area contributed by atoms with E-state index in [2.05, 4.69) is 23.8 Å². The van der Waals surface area contributed by atoms with Crippen molar-refractivity contribution in [2.24, 2.45) is 0 Å². The van der Waals surface area contributed by atoms with Gasteiger partial charge in [-0.15, -0.1) is 22.7 Å². The topological polar surface area (TPSA) is 26.3 Å². The van der Waals surface area contributed by atoms with Crippen LogP contribution in [0.15, 0.2) is 23.6 Å². The van der Waals surface area contributed by atoms with Gasteiger partial charge in [0.1, 0.15) is 0 Å². The summed E-state index contributed by atoms with van der Waals surface area (Å²) in [4.78, 5) is 15.0. The zero-order valence-electron chi connectivity index (χ0n) is 9.15. The molecular formula is C12H12O2S2. The maximum Gasteiger partial charge on any atom is 0.310 e. The molecule has 2 heterocycles. The Morgan fingerprint density at radius 1 is 1.38 bits per heavy atom. The summed E-state index contributed by atoms with van der Waals surface area (Å²) in [6.45, 7) is 2.09. The van der Waals surface area contributed by atoms with Crippen molar-refractivity contribution in [3.8, 4) is 9.75 Å². The SMILES string of the molecule is COC(=O)Cc1ccsc1-c1ccc(C)s1. The van der Waals surface area contributed by atoms with Crippen LogP contribution in [0.2, 0.25) is 0 Å². The molecule has 0 saturated carbocycles. The van der Waals surface area contributed by atoms with Crippen LogP contribution in [0.3, 0.4) is 0 Å². The van der Waals surface area contributed by atoms with Crippen LogP contribution < -0.4 is 0 Å². The molecule has 16 heavy (non-hydrogen) atoms. The van der Waals surface area contributed by atoms with Crippen LogP contribution in [0, 0.1) is 6.92 Å². The van der Waals surface area contributed by atoms with Crippen LogP contribution in [0.25, 0.3) is 9.75 Å². The first kappa shape index (κ1) is 11.4. The molecule has 4 heteroatoms. The van der Waals surface area contributed by atoms with Gasteiger partial charge in [0, 0.05) is 14.6 Å². The standard InChI is InChI=1S/C12H12O2S2/c1-8-3-4-10(16-8)12-9(5-6-15-12)7-11(13)14-2/h3-6H,7H2,1-2H3. The first-order valence-electron chi connectivity index (χ1n) is 4.90. The summed E-state index contributed by atoms with van der Waals surface area (Å²) in [5.41, 5.74) is 1.05. The quantitative estimate of drug-likeness (QED) is 0.781. The molecule has 0 saturated heterocycles. The Morgan fingerprint density at radius 2 is 2.19 bits per heavy atom. The molecule has 0 spiro atoms. The third-order valence-corrected chi connectivity index (χ3v) is 4.41. The third-order valence-electron chi connectivity index (χ3n) is 2.27. The predicted molar refractivity (Wildman–Crippen MR) is 68.1 cm³/mol. The van der Waals surface area contributed by atoms with Crippen molar-refractivity contribution >= 4 is 28.6 Å². The monoisotopic (exact) mass is 252 g/mol. The molecule has 0 aromatic carbocycles. The van der Waals surface area contributed by atoms with Gasteiger partial charge >= 0.3 is 5.97 Å². The molecule has 2 rings (SSSR count). The van der Waals surface area contributed by atoms with Gasteiger partial charge in [0.2, 0.25) is 0 Å². The van der Waals surface area contributed by atoms with E-state index >= 15 is 0 Å². The van der Waals surface area contributed by atoms with E-state index in [4.69, 9.17) is 0 Å². The van der Waals surface area contributed by atoms with E-state index in [1.807, 2.05) is 11.4 Å². The number of ether oxygens (including phenoxy) is 1. The molecule has 0 fully saturated rings. The summed E-state index contributed by atoms with van der Waals surface area (Å²) in [5, 5.41) is 2.02. The molecule has 0 amide bonds. The van der Waals surface area contributed by atoms with E-state index in [9.17, 15) is 4.79 Å². The van der Waals surface area contributed by atoms with Crippen LogP contribution in [-0.2, 0) is 16.0 Å². The van der Waals surface area contributed by atoms with Gasteiger partial charge in [-0.25, -0.2) is 0 Å². The van der Waals surface area contributed by atoms with Gasteiger partial charge in [0.05, 0.1) is 13.5 Å². The first-order chi connectivity index (χ1) is 7.70. The summed E-state index contributed by atoms with van der Waals surface area (Å²) in [7, 11) is 1.42. The second kappa shape index (κ2) is 4.80. The fraction of sp³-hybridized carbons (Fsp3) is 0.250. The highest BCUT2D eigenvalue weighted by molar-refractivity contribution is 7.21. The molecule has 2 aromatic rings. The van der Waals surface area contributed by atoms with Crippen molar-refractivity contribution in [3.63, 3.8) is 0 Å². The molecule has 0 bridgehead atoms. The summed E-state index contributed by atoms with van der Waals surface area (Å²) >= 11 is 3.42. The molecule has 0 aliphatic rings. The van der Waals surface area contributed by atoms with E-state index < -0.39 is 0 Å². The number of hydrogen-bond donors (Lipinski definition) is 0. The number of hydrogen-bond acceptors (Lipinski definition) is 4. The minimum atomic E-state index is -0.187. The molecule has 0 radical (unpaired) electrons. The molecule has 2 aromatic heterocycles. The second-order valence-corrected chi connectivity index (χ2v) is 5.64. The average molecular weight is 252 g/mol. The predicted octanol–water partition coefficient (Wildman–Crippen LogP) is 3.50. The van der Waals surface area contributed by atoms with Crippen LogP contribution in [0.5, 0.6) is 0 Å². The fourth-order valence-electron chi connectivity index (χ4n) is 1.48. The smallest absolute Gasteiger partial charge is 0.310 e. The lowest BCUT2D eigenvalue weighted by Gasteiger charge is -2.00. The van der Waals surface area contributed by atoms with Crippen LogP contribution in [0.1, 0.15) is 10.4 Å². The Balaban J connectivity index is 2.29. The molecule has 0 atom stereocenters. The molecular weight excluding hydrogens is 240 g/mol. The number of carbonyl (C=O) groups is 1. The van der Waals surface area contributed by atoms with Gasteiger partial charge in [0.25, 0.3) is 0 Å². The maximum absolute atomic E-state index is 11.3. The van der Waals surface area contributed by atoms with Crippen molar-refractivity contribution in [2.75, 3.05) is 7.11 Å². The molecule has 2 nitrogen and oxygen atoms in total. The van der Waals surface area contributed by atoms with Crippen molar-refractivity contribution < 1.29 is 9.53 Å². The molecule has 0 aliphatic heterocycles. The molecule has 0 aliphatic carbocycles. The Labute approximate surface area is 103 Å². The number of rotatable bonds is 3. The summed E-state index contributed by atoms with van der Waals surface area (Å²) < 4.78 is 4.69. The van der Waals surface area contributed by atoms with E-state index in [0.717, 1.165) is 5.56 Å². The van der Waals surface area contributed by atoms with Crippen LogP contribution in [0.4, 0.5) is 0 Å². The van der Waals surface area contributed by atoms with E-state index in [0.29, 0.717) is 6.42 Å². The fourth-order valence-corrected chi connectivity index (χ4v) is 3.43. The number of thiophene rings is 2. The average Bonchev–Trinajstić information content (AvgIpc) is 2.86. The third kappa shape index (κ3) is 2.33. The highest BCUT2D eigenvalue weighted by Crippen LogP contribution is 2.34. The summed E-state index contributed by atoms with van der Waals surface area (Å²) in [6, 6.07) is 6.19. The van der Waals surface area contributed by atoms with E-state index in [-0.39, 0.29) is 5.97 Å². The van der Waals surface area contributed by atoms with Gasteiger partial charge in [-0.05, 0) is 36.1 Å². The zero-order chi connectivity index (χ0) is 11.5. The van der Waals surface area contributed by atoms with Crippen molar-refractivity contribution in [2.45, 2.75) is 13.3 Å². The minimum Gasteiger partial charge on any atom is -0.469 e. The van der Waals surface area contributed by atoms with Crippen LogP contribution in [-0.4, -0.2) is 13.1 Å². The lowest BCUT2D eigenvalue weighted by Crippen LogP contribution is -2.03. The Kier molecular flexibility index (Phi) is 3.41. The highest BCUT2D eigenvalue weighted by Gasteiger charge is 2.12. The maximum atomic E-state index is 11.3. The summed E-state index contributed by atoms with van der Waals surface area (Å²) in [6.07, 6.45) is 0.353. The molecule has 0 unspecified atom stereocenters. The van der Waals surface area contributed by atoms with Gasteiger partial charge in [-0.3, -0.25) is 4.79 Å². The lowest BCUT2D eigenvalue weighted by atomic mass is 10.2. The van der Waals surface area contributed by atoms with Gasteiger partial charge in [0.15, 0.2) is 0 Å². The summed E-state index contributed by atoms with van der Waals surface area (Å²) in [5.74, 6) is -0.187. The largest absolute Gasteiger partial charge is 0.469 e. The highest BCUT2D eigenvalue weighted by atomic mass is 32.1. The Hall–Kier alpha value is -1.13. The van der Waals surface area contributed by atoms with Crippen molar-refractivity contribution in [3.05, 3.63) is 34.0 Å². The first-order valence-corrected chi connectivity index (χ1v) is 6.60. The van der Waals surface area contributed by atoms with E-state index in [1.165, 1.54) is 21.7 Å².